The lowest BCUT2D eigenvalue weighted by Crippen LogP contribution is -2.66. The second-order valence-electron chi connectivity index (χ2n) is 12.6. The van der Waals surface area contributed by atoms with Gasteiger partial charge in [0.1, 0.15) is 5.82 Å². The molecule has 3 aliphatic rings. The first kappa shape index (κ1) is 28.3. The number of aryl methyl sites for hydroxylation is 1. The molecule has 2 unspecified atom stereocenters. The summed E-state index contributed by atoms with van der Waals surface area (Å²) >= 11 is 0. The van der Waals surface area contributed by atoms with Crippen molar-refractivity contribution >= 4 is 29.0 Å². The van der Waals surface area contributed by atoms with Gasteiger partial charge >= 0.3 is 5.97 Å². The maximum absolute atomic E-state index is 13.5. The lowest BCUT2D eigenvalue weighted by atomic mass is 9.73. The third-order valence-corrected chi connectivity index (χ3v) is 9.59. The van der Waals surface area contributed by atoms with E-state index in [1.165, 1.54) is 12.7 Å². The Hall–Kier alpha value is -4.51. The first-order valence-corrected chi connectivity index (χ1v) is 15.1. The van der Waals surface area contributed by atoms with Gasteiger partial charge in [-0.15, -0.1) is 5.10 Å². The van der Waals surface area contributed by atoms with E-state index in [1.54, 1.807) is 16.6 Å². The lowest BCUT2D eigenvalue weighted by molar-refractivity contribution is -0.132. The van der Waals surface area contributed by atoms with E-state index in [2.05, 4.69) is 73.5 Å². The number of anilines is 2. The zero-order valence-electron chi connectivity index (χ0n) is 25.3. The number of esters is 1. The Balaban J connectivity index is 1.06. The van der Waals surface area contributed by atoms with Gasteiger partial charge < -0.3 is 24.6 Å². The van der Waals surface area contributed by atoms with Crippen molar-refractivity contribution in [3.05, 3.63) is 83.4 Å². The van der Waals surface area contributed by atoms with Crippen molar-refractivity contribution in [1.82, 2.24) is 24.9 Å². The Kier molecular flexibility index (Phi) is 7.00. The second-order valence-corrected chi connectivity index (χ2v) is 12.6. The number of amides is 1. The van der Waals surface area contributed by atoms with Crippen LogP contribution in [0, 0.1) is 12.3 Å². The molecule has 1 N–H and O–H groups in total. The van der Waals surface area contributed by atoms with Gasteiger partial charge in [0.2, 0.25) is 5.82 Å². The van der Waals surface area contributed by atoms with Gasteiger partial charge in [0.25, 0.3) is 5.91 Å². The van der Waals surface area contributed by atoms with Gasteiger partial charge in [0.15, 0.2) is 11.3 Å². The average molecular weight is 596 g/mol. The molecule has 1 spiro atoms. The molecular formula is C33H37N7O4. The minimum atomic E-state index is -0.468. The van der Waals surface area contributed by atoms with E-state index < -0.39 is 5.97 Å². The molecule has 0 bridgehead atoms. The summed E-state index contributed by atoms with van der Waals surface area (Å²) < 4.78 is 12.2. The van der Waals surface area contributed by atoms with Crippen LogP contribution >= 0.6 is 0 Å². The van der Waals surface area contributed by atoms with E-state index in [4.69, 9.17) is 9.47 Å². The van der Waals surface area contributed by atoms with Gasteiger partial charge in [-0.25, -0.2) is 19.3 Å². The molecule has 0 radical (unpaired) electrons. The summed E-state index contributed by atoms with van der Waals surface area (Å²) in [6.07, 6.45) is 3.75. The van der Waals surface area contributed by atoms with Crippen LogP contribution in [0.4, 0.5) is 11.5 Å². The average Bonchev–Trinajstić information content (AvgIpc) is 3.66. The quantitative estimate of drug-likeness (QED) is 0.335. The summed E-state index contributed by atoms with van der Waals surface area (Å²) in [6.45, 7) is 8.58. The number of piperidine rings is 1. The Morgan fingerprint density at radius 3 is 2.59 bits per heavy atom. The SMILES string of the molecule is COC(=O)c1cccc(N2CCC(NC(=O)c3nc4c(C)cc(N5CCC(C)(c6ccccc6)C5)cn4n3)C3(COC3)C2)n1. The predicted molar refractivity (Wildman–Crippen MR) is 165 cm³/mol. The number of hydrogen-bond acceptors (Lipinski definition) is 9. The van der Waals surface area contributed by atoms with Crippen molar-refractivity contribution in [2.75, 3.05) is 56.3 Å². The summed E-state index contributed by atoms with van der Waals surface area (Å²) in [7, 11) is 1.35. The van der Waals surface area contributed by atoms with Crippen molar-refractivity contribution < 1.29 is 19.1 Å². The molecule has 0 aliphatic carbocycles. The highest BCUT2D eigenvalue weighted by atomic mass is 16.5. The number of nitrogens with one attached hydrogen (secondary N) is 1. The van der Waals surface area contributed by atoms with Gasteiger partial charge in [-0.05, 0) is 49.1 Å². The first-order chi connectivity index (χ1) is 21.3. The number of pyridine rings is 2. The monoisotopic (exact) mass is 595 g/mol. The summed E-state index contributed by atoms with van der Waals surface area (Å²) in [4.78, 5) is 39.2. The molecule has 1 amide bonds. The van der Waals surface area contributed by atoms with Crippen LogP contribution in [-0.4, -0.2) is 84.0 Å². The highest BCUT2D eigenvalue weighted by Gasteiger charge is 2.50. The van der Waals surface area contributed by atoms with Crippen LogP contribution in [0.5, 0.6) is 0 Å². The van der Waals surface area contributed by atoms with Gasteiger partial charge in [0, 0.05) is 37.6 Å². The van der Waals surface area contributed by atoms with Gasteiger partial charge in [-0.2, -0.15) is 0 Å². The summed E-state index contributed by atoms with van der Waals surface area (Å²) in [5.74, 6) is 0.109. The third kappa shape index (κ3) is 4.94. The number of rotatable bonds is 6. The van der Waals surface area contributed by atoms with E-state index in [1.807, 2.05) is 19.2 Å². The fraction of sp³-hybridized carbons (Fsp3) is 0.424. The smallest absolute Gasteiger partial charge is 0.356 e. The van der Waals surface area contributed by atoms with Crippen LogP contribution < -0.4 is 15.1 Å². The van der Waals surface area contributed by atoms with Crippen LogP contribution in [0.25, 0.3) is 5.65 Å². The second kappa shape index (κ2) is 10.9. The molecule has 11 heteroatoms. The Labute approximate surface area is 256 Å². The molecule has 228 valence electrons. The minimum Gasteiger partial charge on any atom is -0.464 e. The normalized spacial score (nSPS) is 22.7. The van der Waals surface area contributed by atoms with E-state index >= 15 is 0 Å². The highest BCUT2D eigenvalue weighted by Crippen LogP contribution is 2.39. The number of hydrogen-bond donors (Lipinski definition) is 1. The zero-order valence-corrected chi connectivity index (χ0v) is 25.3. The van der Waals surface area contributed by atoms with Gasteiger partial charge in [-0.3, -0.25) is 4.79 Å². The number of benzene rings is 1. The molecule has 7 rings (SSSR count). The maximum Gasteiger partial charge on any atom is 0.356 e. The molecule has 2 atom stereocenters. The largest absolute Gasteiger partial charge is 0.464 e. The fourth-order valence-electron chi connectivity index (χ4n) is 6.94. The van der Waals surface area contributed by atoms with Crippen LogP contribution in [-0.2, 0) is 14.9 Å². The third-order valence-electron chi connectivity index (χ3n) is 9.59. The molecule has 3 aromatic heterocycles. The number of ether oxygens (including phenoxy) is 2. The summed E-state index contributed by atoms with van der Waals surface area (Å²) in [5, 5.41) is 7.85. The lowest BCUT2D eigenvalue weighted by Gasteiger charge is -2.53. The van der Waals surface area contributed by atoms with E-state index in [0.717, 1.165) is 30.8 Å². The highest BCUT2D eigenvalue weighted by molar-refractivity contribution is 5.91. The number of methoxy groups -OCH3 is 1. The topological polar surface area (TPSA) is 114 Å². The molecule has 6 heterocycles. The maximum atomic E-state index is 13.5. The molecule has 0 saturated carbocycles. The molecule has 44 heavy (non-hydrogen) atoms. The van der Waals surface area contributed by atoms with Gasteiger partial charge in [0.05, 0.1) is 37.6 Å². The van der Waals surface area contributed by atoms with E-state index in [0.29, 0.717) is 44.2 Å². The molecule has 1 aromatic carbocycles. The fourth-order valence-corrected chi connectivity index (χ4v) is 6.94. The number of carbonyl (C=O) groups excluding carboxylic acids is 2. The number of nitrogens with zero attached hydrogens (tertiary/aromatic N) is 6. The van der Waals surface area contributed by atoms with Crippen molar-refractivity contribution in [3.8, 4) is 0 Å². The van der Waals surface area contributed by atoms with E-state index in [-0.39, 0.29) is 34.3 Å². The van der Waals surface area contributed by atoms with E-state index in [9.17, 15) is 9.59 Å². The molecule has 3 aliphatic heterocycles. The molecular weight excluding hydrogens is 558 g/mol. The minimum absolute atomic E-state index is 0.0779. The Morgan fingerprint density at radius 2 is 1.84 bits per heavy atom. The van der Waals surface area contributed by atoms with Crippen molar-refractivity contribution in [1.29, 1.82) is 0 Å². The number of carbonyl (C=O) groups is 2. The van der Waals surface area contributed by atoms with Crippen molar-refractivity contribution in [2.45, 2.75) is 38.1 Å². The number of aromatic nitrogens is 4. The zero-order chi connectivity index (χ0) is 30.5. The van der Waals surface area contributed by atoms with Crippen molar-refractivity contribution in [2.24, 2.45) is 5.41 Å². The Bertz CT molecular complexity index is 1720. The van der Waals surface area contributed by atoms with Crippen molar-refractivity contribution in [3.63, 3.8) is 0 Å². The molecule has 4 aromatic rings. The predicted octanol–water partition coefficient (Wildman–Crippen LogP) is 3.41. The molecule has 3 fully saturated rings. The summed E-state index contributed by atoms with van der Waals surface area (Å²) in [5.41, 5.74) is 4.17. The van der Waals surface area contributed by atoms with Crippen LogP contribution in [0.15, 0.2) is 60.8 Å². The summed E-state index contributed by atoms with van der Waals surface area (Å²) in [6, 6.07) is 18.1. The molecule has 11 nitrogen and oxygen atoms in total. The van der Waals surface area contributed by atoms with Crippen LogP contribution in [0.1, 0.15) is 52.0 Å². The first-order valence-electron chi connectivity index (χ1n) is 15.1. The van der Waals surface area contributed by atoms with Crippen LogP contribution in [0.3, 0.4) is 0 Å². The Morgan fingerprint density at radius 1 is 1.02 bits per heavy atom. The standard InChI is InChI=1S/C33H37N7O4/c1-22-16-24(38-15-13-32(2,18-38)23-8-5-4-6-9-23)17-40-29(22)36-28(37-40)30(41)35-26-12-14-39(19-33(26)20-44-21-33)27-11-7-10-25(34-27)31(42)43-3/h4-11,16-17,26H,12-15,18-21H2,1-3H3,(H,35,41). The van der Waals surface area contributed by atoms with Crippen LogP contribution in [0.2, 0.25) is 0 Å². The number of fused-ring (bicyclic) bond motifs is 1. The van der Waals surface area contributed by atoms with Gasteiger partial charge in [-0.1, -0.05) is 43.3 Å². The molecule has 3 saturated heterocycles.